The highest BCUT2D eigenvalue weighted by Gasteiger charge is 2.49. The van der Waals surface area contributed by atoms with Gasteiger partial charge in [-0.05, 0) is 0 Å². The fraction of sp³-hybridized carbons (Fsp3) is 0.526. The van der Waals surface area contributed by atoms with Crippen molar-refractivity contribution in [3.8, 4) is 0 Å². The first-order valence-electron chi connectivity index (χ1n) is 12.0. The van der Waals surface area contributed by atoms with Crippen LogP contribution < -0.4 is 17.0 Å². The van der Waals surface area contributed by atoms with Crippen LogP contribution >= 0.6 is 30.8 Å². The van der Waals surface area contributed by atoms with Gasteiger partial charge in [0.2, 0.25) is 5.95 Å². The van der Waals surface area contributed by atoms with E-state index in [4.69, 9.17) is 25.3 Å². The highest BCUT2D eigenvalue weighted by Crippen LogP contribution is 2.58. The van der Waals surface area contributed by atoms with Crippen molar-refractivity contribution in [2.75, 3.05) is 31.3 Å². The molecule has 8 N–H and O–H groups in total. The van der Waals surface area contributed by atoms with E-state index in [1.165, 1.54) is 21.7 Å². The Hall–Kier alpha value is -2.88. The van der Waals surface area contributed by atoms with Crippen molar-refractivity contribution in [3.63, 3.8) is 0 Å². The van der Waals surface area contributed by atoms with Gasteiger partial charge < -0.3 is 31.5 Å². The number of nitrogens with one attached hydrogen (secondary N) is 1. The molecule has 0 bridgehead atoms. The van der Waals surface area contributed by atoms with Crippen LogP contribution in [0.4, 0.5) is 11.8 Å². The highest BCUT2D eigenvalue weighted by molar-refractivity contribution is 8.44. The first kappa shape index (κ1) is 28.2. The molecule has 4 aromatic rings. The van der Waals surface area contributed by atoms with Gasteiger partial charge in [-0.3, -0.25) is 18.8 Å². The van der Waals surface area contributed by atoms with Gasteiger partial charge in [0.15, 0.2) is 22.6 Å². The number of thiol groups is 1. The van der Waals surface area contributed by atoms with Crippen LogP contribution in [0.3, 0.4) is 0 Å². The number of hydrogen-bond donors (Lipinski definition) is 7. The minimum absolute atomic E-state index is 0.00834. The van der Waals surface area contributed by atoms with E-state index in [-0.39, 0.29) is 36.1 Å². The van der Waals surface area contributed by atoms with E-state index >= 15 is 0 Å². The molecule has 2 aliphatic heterocycles. The van der Waals surface area contributed by atoms with Crippen molar-refractivity contribution in [1.82, 2.24) is 44.5 Å². The number of nitrogen functional groups attached to an aromatic ring is 2. The van der Waals surface area contributed by atoms with Crippen LogP contribution in [-0.2, 0) is 18.3 Å². The monoisotopic (exact) mass is 629 g/mol. The smallest absolute Gasteiger partial charge is 0.386 e. The van der Waals surface area contributed by atoms with Gasteiger partial charge in [0.1, 0.15) is 23.9 Å². The van der Waals surface area contributed by atoms with E-state index in [0.717, 1.165) is 11.8 Å². The molecule has 2 saturated heterocycles. The summed E-state index contributed by atoms with van der Waals surface area (Å²) in [5.41, 5.74) is 11.6. The van der Waals surface area contributed by atoms with E-state index in [2.05, 4.69) is 47.6 Å². The maximum absolute atomic E-state index is 13.3. The van der Waals surface area contributed by atoms with E-state index in [0.29, 0.717) is 11.3 Å². The Morgan fingerprint density at radius 1 is 1.27 bits per heavy atom. The van der Waals surface area contributed by atoms with Crippen molar-refractivity contribution >= 4 is 59.4 Å². The van der Waals surface area contributed by atoms with Crippen LogP contribution in [0.5, 0.6) is 0 Å². The second-order valence-corrected chi connectivity index (χ2v) is 13.5. The molecule has 220 valence electrons. The quantitative estimate of drug-likeness (QED) is 0.0825. The summed E-state index contributed by atoms with van der Waals surface area (Å²) >= 11 is 5.10. The standard InChI is InChI=1S/C19H24N11O8PS2/c20-14-16-22-1-7(29(16)24-5-23-14)6-3-36-8(11(6)32)4-37-39(35,40)38-13-12(33)9(2-31)41-18(13)30-15-10(27-28-30)17(34)26-19(21)25-15/h1,5-6,8-9,11-13,18,31-33H,2-4H2,(H,35,40)(H2,20,23,24)(H3,21,25,26,34)/t6?,8-,9-,11+,12-,13-,18-,39?/m1/s1. The Labute approximate surface area is 238 Å². The maximum atomic E-state index is 13.3. The van der Waals surface area contributed by atoms with Crippen molar-refractivity contribution in [3.05, 3.63) is 28.6 Å². The van der Waals surface area contributed by atoms with Crippen molar-refractivity contribution in [2.24, 2.45) is 0 Å². The molecule has 2 fully saturated rings. The molecule has 0 amide bonds. The van der Waals surface area contributed by atoms with Gasteiger partial charge in [-0.1, -0.05) is 17.5 Å². The lowest BCUT2D eigenvalue weighted by atomic mass is 9.99. The second-order valence-electron chi connectivity index (χ2n) is 9.26. The molecule has 6 heterocycles. The molecule has 0 spiro atoms. The van der Waals surface area contributed by atoms with Crippen molar-refractivity contribution < 1.29 is 33.7 Å². The first-order valence-corrected chi connectivity index (χ1v) is 15.7. The number of nitrogens with zero attached hydrogens (tertiary/aromatic N) is 8. The summed E-state index contributed by atoms with van der Waals surface area (Å²) in [4.78, 5) is 26.6. The molecule has 2 unspecified atom stereocenters. The number of hydrogen-bond acceptors (Lipinski definition) is 17. The largest absolute Gasteiger partial charge is 0.395 e. The number of aromatic amines is 1. The maximum Gasteiger partial charge on any atom is 0.386 e. The molecule has 4 aromatic heterocycles. The Morgan fingerprint density at radius 3 is 2.85 bits per heavy atom. The number of nitrogens with two attached hydrogens (primary N) is 2. The summed E-state index contributed by atoms with van der Waals surface area (Å²) in [5, 5.41) is 41.7. The van der Waals surface area contributed by atoms with E-state index < -0.39 is 59.9 Å². The first-order chi connectivity index (χ1) is 19.6. The fourth-order valence-electron chi connectivity index (χ4n) is 4.76. The lowest BCUT2D eigenvalue weighted by Crippen LogP contribution is -2.35. The van der Waals surface area contributed by atoms with Gasteiger partial charge >= 0.3 is 6.80 Å². The number of rotatable bonds is 8. The lowest BCUT2D eigenvalue weighted by Gasteiger charge is -2.25. The zero-order chi connectivity index (χ0) is 29.1. The lowest BCUT2D eigenvalue weighted by molar-refractivity contribution is -0.00704. The fourth-order valence-corrected chi connectivity index (χ4v) is 7.70. The van der Waals surface area contributed by atoms with Gasteiger partial charge in [0.05, 0.1) is 55.1 Å². The minimum atomic E-state index is -4.22. The van der Waals surface area contributed by atoms with Crippen LogP contribution in [0.25, 0.3) is 16.8 Å². The molecule has 8 atom stereocenters. The van der Waals surface area contributed by atoms with Gasteiger partial charge in [-0.2, -0.15) is 10.1 Å². The summed E-state index contributed by atoms with van der Waals surface area (Å²) in [6, 6.07) is 0. The number of aliphatic hydroxyl groups is 3. The SMILES string of the molecule is Nc1nc2c(nnn2[C@@H]2S[C@H](CO)[C@@H](O)[C@H]2OP(=O)(S)OC[C@H]2OCC(c3cnc4c(N)ncnn34)[C@@H]2O)c(=O)[nH]1. The predicted molar refractivity (Wildman–Crippen MR) is 145 cm³/mol. The Bertz CT molecular complexity index is 1700. The molecular weight excluding hydrogens is 605 g/mol. The van der Waals surface area contributed by atoms with Crippen molar-refractivity contribution in [2.45, 2.75) is 41.0 Å². The van der Waals surface area contributed by atoms with Gasteiger partial charge in [-0.25, -0.2) is 23.7 Å². The Balaban J connectivity index is 1.17. The summed E-state index contributed by atoms with van der Waals surface area (Å²) in [7, 11) is 0. The van der Waals surface area contributed by atoms with Crippen LogP contribution in [0.1, 0.15) is 17.0 Å². The van der Waals surface area contributed by atoms with Crippen LogP contribution in [0.2, 0.25) is 0 Å². The van der Waals surface area contributed by atoms with Crippen LogP contribution in [0.15, 0.2) is 17.3 Å². The number of anilines is 2. The topological polar surface area (TPSA) is 277 Å². The number of thioether (sulfide) groups is 1. The molecule has 0 radical (unpaired) electrons. The van der Waals surface area contributed by atoms with E-state index in [1.54, 1.807) is 0 Å². The average molecular weight is 630 g/mol. The second kappa shape index (κ2) is 10.7. The molecular formula is C19H24N11O8PS2. The zero-order valence-electron chi connectivity index (χ0n) is 20.7. The van der Waals surface area contributed by atoms with E-state index in [9.17, 15) is 24.7 Å². The Kier molecular flexibility index (Phi) is 7.41. The number of imidazole rings is 1. The van der Waals surface area contributed by atoms with Gasteiger partial charge in [0, 0.05) is 0 Å². The third kappa shape index (κ3) is 5.06. The zero-order valence-corrected chi connectivity index (χ0v) is 23.3. The van der Waals surface area contributed by atoms with E-state index in [1.807, 2.05) is 0 Å². The molecule has 0 aromatic carbocycles. The third-order valence-electron chi connectivity index (χ3n) is 6.76. The number of H-pyrrole nitrogens is 1. The molecule has 22 heteroatoms. The van der Waals surface area contributed by atoms with Crippen molar-refractivity contribution in [1.29, 1.82) is 0 Å². The summed E-state index contributed by atoms with van der Waals surface area (Å²) < 4.78 is 32.7. The number of aromatic nitrogens is 9. The molecule has 0 saturated carbocycles. The number of ether oxygens (including phenoxy) is 1. The molecule has 19 nitrogen and oxygen atoms in total. The summed E-state index contributed by atoms with van der Waals surface area (Å²) in [5.74, 6) is -0.576. The molecule has 41 heavy (non-hydrogen) atoms. The normalized spacial score (nSPS) is 29.9. The number of aliphatic hydroxyl groups excluding tert-OH is 3. The Morgan fingerprint density at radius 2 is 2.07 bits per heavy atom. The van der Waals surface area contributed by atoms with Crippen LogP contribution in [0, 0.1) is 0 Å². The predicted octanol–water partition coefficient (Wildman–Crippen LogP) is -1.93. The highest BCUT2D eigenvalue weighted by atomic mass is 32.7. The summed E-state index contributed by atoms with van der Waals surface area (Å²) in [6.45, 7) is -4.97. The average Bonchev–Trinajstić information content (AvgIpc) is 3.69. The minimum Gasteiger partial charge on any atom is -0.395 e. The van der Waals surface area contributed by atoms with Crippen LogP contribution in [-0.4, -0.2) is 109 Å². The third-order valence-corrected chi connectivity index (χ3v) is 9.90. The molecule has 0 aliphatic carbocycles. The molecule has 2 aliphatic rings. The van der Waals surface area contributed by atoms with Gasteiger partial charge in [-0.15, -0.1) is 16.9 Å². The number of fused-ring (bicyclic) bond motifs is 2. The van der Waals surface area contributed by atoms with Gasteiger partial charge in [0.25, 0.3) is 5.56 Å². The summed E-state index contributed by atoms with van der Waals surface area (Å²) in [6.07, 6.45) is -1.89. The molecule has 6 rings (SSSR count).